The van der Waals surface area contributed by atoms with Gasteiger partial charge in [-0.1, -0.05) is 11.6 Å². The Morgan fingerprint density at radius 1 is 0.836 bits per heavy atom. The molecule has 0 unspecified atom stereocenters. The summed E-state index contributed by atoms with van der Waals surface area (Å²) in [5, 5.41) is 10.7. The van der Waals surface area contributed by atoms with E-state index in [0.29, 0.717) is 26.3 Å². The maximum atomic E-state index is 15.3. The molecule has 1 saturated carbocycles. The number of amides is 4. The van der Waals surface area contributed by atoms with Crippen molar-refractivity contribution in [2.24, 2.45) is 17.8 Å². The van der Waals surface area contributed by atoms with Crippen molar-refractivity contribution in [3.63, 3.8) is 0 Å². The highest BCUT2D eigenvalue weighted by Gasteiger charge is 2.77. The molecule has 3 saturated heterocycles. The van der Waals surface area contributed by atoms with Crippen molar-refractivity contribution in [3.05, 3.63) is 86.3 Å². The van der Waals surface area contributed by atoms with Gasteiger partial charge in [-0.3, -0.25) is 24.1 Å². The molecule has 10 nitrogen and oxygen atoms in total. The third-order valence-electron chi connectivity index (χ3n) is 11.3. The number of allylic oxidation sites excluding steroid dienone is 2. The third-order valence-corrected chi connectivity index (χ3v) is 13.5. The zero-order chi connectivity index (χ0) is 39.5. The van der Waals surface area contributed by atoms with Crippen LogP contribution in [0.5, 0.6) is 11.5 Å². The van der Waals surface area contributed by atoms with Crippen LogP contribution in [0.15, 0.2) is 48.0 Å². The van der Waals surface area contributed by atoms with Gasteiger partial charge >= 0.3 is 0 Å². The number of hydrogen-bond acceptors (Lipinski definition) is 8. The summed E-state index contributed by atoms with van der Waals surface area (Å²) in [5.41, 5.74) is -0.369. The van der Waals surface area contributed by atoms with E-state index in [0.717, 1.165) is 10.6 Å². The zero-order valence-electron chi connectivity index (χ0n) is 28.4. The molecule has 4 amide bonds. The van der Waals surface area contributed by atoms with E-state index in [-0.39, 0.29) is 43.2 Å². The number of imide groups is 2. The minimum atomic E-state index is -2.72. The number of carbonyl (C=O) groups is 4. The summed E-state index contributed by atoms with van der Waals surface area (Å²) in [5.74, 6) is -21.9. The molecular formula is C37H27Cl2F5IN3O7. The molecule has 4 fully saturated rings. The SMILES string of the molecule is COc1cc([C@H]2C3=CC[C@@H]4C(=O)N(c5ccc(N6CCOCC6)cc5)C(=O)[C@@H]4[C@@H]3C[C@@]3(Cl)C(=O)N(c4c(F)c(F)c(F)c(F)c4F)C(=O)[C@@]23Cl)cc(I)c1O. The number of phenolic OH excluding ortho intramolecular Hbond substituents is 1. The van der Waals surface area contributed by atoms with Crippen molar-refractivity contribution in [2.75, 3.05) is 48.1 Å². The number of methoxy groups -OCH3 is 1. The summed E-state index contributed by atoms with van der Waals surface area (Å²) in [6, 6.07) is 9.50. The summed E-state index contributed by atoms with van der Waals surface area (Å²) in [6.07, 6.45) is 0.920. The first kappa shape index (κ1) is 37.9. The largest absolute Gasteiger partial charge is 0.504 e. The van der Waals surface area contributed by atoms with Gasteiger partial charge in [0.25, 0.3) is 11.8 Å². The monoisotopic (exact) mass is 917 g/mol. The first-order valence-electron chi connectivity index (χ1n) is 16.9. The normalized spacial score (nSPS) is 29.0. The molecular weight excluding hydrogens is 891 g/mol. The molecule has 1 N–H and O–H groups in total. The number of morpholine rings is 1. The van der Waals surface area contributed by atoms with Crippen LogP contribution >= 0.6 is 45.8 Å². The van der Waals surface area contributed by atoms with Crippen LogP contribution in [0.25, 0.3) is 0 Å². The average molecular weight is 918 g/mol. The van der Waals surface area contributed by atoms with Crippen LogP contribution in [0, 0.1) is 50.4 Å². The van der Waals surface area contributed by atoms with Gasteiger partial charge in [0.05, 0.1) is 41.4 Å². The van der Waals surface area contributed by atoms with Gasteiger partial charge in [0.1, 0.15) is 5.69 Å². The van der Waals surface area contributed by atoms with Crippen molar-refractivity contribution < 1.29 is 55.7 Å². The smallest absolute Gasteiger partial charge is 0.258 e. The lowest BCUT2D eigenvalue weighted by Gasteiger charge is -2.50. The van der Waals surface area contributed by atoms with E-state index in [4.69, 9.17) is 32.7 Å². The van der Waals surface area contributed by atoms with E-state index in [1.807, 2.05) is 0 Å². The summed E-state index contributed by atoms with van der Waals surface area (Å²) < 4.78 is 84.8. The van der Waals surface area contributed by atoms with Crippen molar-refractivity contribution >= 4 is 86.5 Å². The summed E-state index contributed by atoms with van der Waals surface area (Å²) in [7, 11) is 1.24. The number of anilines is 3. The predicted octanol–water partition coefficient (Wildman–Crippen LogP) is 6.31. The van der Waals surface area contributed by atoms with Crippen LogP contribution in [0.3, 0.4) is 0 Å². The number of nitrogens with zero attached hydrogens (tertiary/aromatic N) is 3. The lowest BCUT2D eigenvalue weighted by atomic mass is 9.56. The van der Waals surface area contributed by atoms with E-state index in [1.54, 1.807) is 52.9 Å². The van der Waals surface area contributed by atoms with Crippen LogP contribution in [-0.4, -0.2) is 71.9 Å². The van der Waals surface area contributed by atoms with Crippen molar-refractivity contribution in [3.8, 4) is 11.5 Å². The molecule has 3 heterocycles. The van der Waals surface area contributed by atoms with E-state index >= 15 is 8.78 Å². The fraction of sp³-hybridized carbons (Fsp3) is 0.351. The molecule has 5 aliphatic rings. The molecule has 0 radical (unpaired) electrons. The lowest BCUT2D eigenvalue weighted by molar-refractivity contribution is -0.125. The van der Waals surface area contributed by atoms with Crippen LogP contribution < -0.4 is 19.4 Å². The topological polar surface area (TPSA) is 117 Å². The number of phenols is 1. The number of benzene rings is 3. The quantitative estimate of drug-likeness (QED) is 0.0604. The molecule has 6 atom stereocenters. The van der Waals surface area contributed by atoms with Gasteiger partial charge in [0.2, 0.25) is 17.6 Å². The van der Waals surface area contributed by atoms with Gasteiger partial charge in [0, 0.05) is 24.7 Å². The van der Waals surface area contributed by atoms with E-state index < -0.39 is 98.2 Å². The first-order chi connectivity index (χ1) is 26.1. The highest BCUT2D eigenvalue weighted by Crippen LogP contribution is 2.66. The van der Waals surface area contributed by atoms with E-state index in [1.165, 1.54) is 19.2 Å². The Labute approximate surface area is 332 Å². The Hall–Kier alpha value is -4.00. The Morgan fingerprint density at radius 2 is 1.44 bits per heavy atom. The average Bonchev–Trinajstić information content (AvgIpc) is 3.52. The molecule has 2 aliphatic carbocycles. The summed E-state index contributed by atoms with van der Waals surface area (Å²) >= 11 is 16.2. The summed E-state index contributed by atoms with van der Waals surface area (Å²) in [4.78, 5) is 55.0. The Balaban J connectivity index is 1.27. The van der Waals surface area contributed by atoms with E-state index in [9.17, 15) is 37.5 Å². The van der Waals surface area contributed by atoms with Gasteiger partial charge in [-0.2, -0.15) is 0 Å². The second kappa shape index (κ2) is 13.3. The molecule has 3 aliphatic heterocycles. The molecule has 18 heteroatoms. The number of carbonyl (C=O) groups excluding carboxylic acids is 4. The standard InChI is InChI=1S/C37H27Cl2F5IN3O7/c1-54-22-13-15(12-21(45)31(22)49)24-18-6-7-19-23(33(51)47(32(19)50)17-4-2-16(3-5-17)46-8-10-55-11-9-46)20(18)14-36(38)34(52)48(35(53)37(24,36)39)30-28(43)26(41)25(40)27(42)29(30)44/h2-6,12-13,19-20,23-24,49H,7-11,14H2,1H3/t19-,20+,23-,24-,36+,37-/m0/s1. The lowest BCUT2D eigenvalue weighted by Crippen LogP contribution is -2.60. The predicted molar refractivity (Wildman–Crippen MR) is 196 cm³/mol. The Kier molecular flexibility index (Phi) is 9.17. The number of aromatic hydroxyl groups is 1. The van der Waals surface area contributed by atoms with Crippen LogP contribution in [0.2, 0.25) is 0 Å². The molecule has 55 heavy (non-hydrogen) atoms. The highest BCUT2D eigenvalue weighted by atomic mass is 127. The van der Waals surface area contributed by atoms with Gasteiger partial charge in [-0.05, 0) is 83.3 Å². The number of fused-ring (bicyclic) bond motifs is 4. The second-order valence-corrected chi connectivity index (χ2v) is 16.3. The van der Waals surface area contributed by atoms with Crippen LogP contribution in [0.4, 0.5) is 39.0 Å². The van der Waals surface area contributed by atoms with Crippen LogP contribution in [-0.2, 0) is 23.9 Å². The fourth-order valence-corrected chi connectivity index (χ4v) is 10.3. The summed E-state index contributed by atoms with van der Waals surface area (Å²) in [6.45, 7) is 2.39. The molecule has 0 aromatic heterocycles. The number of rotatable bonds is 5. The molecule has 3 aromatic rings. The third kappa shape index (κ3) is 5.19. The number of hydrogen-bond donors (Lipinski definition) is 1. The van der Waals surface area contributed by atoms with Gasteiger partial charge < -0.3 is 19.5 Å². The maximum absolute atomic E-state index is 15.3. The number of ether oxygens (including phenoxy) is 2. The molecule has 3 aromatic carbocycles. The van der Waals surface area contributed by atoms with Crippen molar-refractivity contribution in [2.45, 2.75) is 28.5 Å². The Bertz CT molecular complexity index is 2230. The first-order valence-corrected chi connectivity index (χ1v) is 18.8. The molecule has 0 spiro atoms. The molecule has 0 bridgehead atoms. The highest BCUT2D eigenvalue weighted by molar-refractivity contribution is 14.1. The molecule has 8 rings (SSSR count). The minimum Gasteiger partial charge on any atom is -0.504 e. The number of halogens is 8. The number of alkyl halides is 2. The van der Waals surface area contributed by atoms with Crippen LogP contribution in [0.1, 0.15) is 24.3 Å². The molecule has 288 valence electrons. The maximum Gasteiger partial charge on any atom is 0.258 e. The Morgan fingerprint density at radius 3 is 2.05 bits per heavy atom. The van der Waals surface area contributed by atoms with Crippen molar-refractivity contribution in [1.29, 1.82) is 0 Å². The van der Waals surface area contributed by atoms with E-state index in [2.05, 4.69) is 4.90 Å². The van der Waals surface area contributed by atoms with Gasteiger partial charge in [-0.25, -0.2) is 26.9 Å². The zero-order valence-corrected chi connectivity index (χ0v) is 32.0. The second-order valence-electron chi connectivity index (χ2n) is 13.9. The van der Waals surface area contributed by atoms with Gasteiger partial charge in [0.15, 0.2) is 44.5 Å². The minimum absolute atomic E-state index is 0.0298. The fourth-order valence-electron chi connectivity index (χ4n) is 8.75. The van der Waals surface area contributed by atoms with Crippen molar-refractivity contribution in [1.82, 2.24) is 0 Å². The van der Waals surface area contributed by atoms with Gasteiger partial charge in [-0.15, -0.1) is 23.2 Å².